The zero-order chi connectivity index (χ0) is 17.0. The van der Waals surface area contributed by atoms with E-state index in [2.05, 4.69) is 4.98 Å². The van der Waals surface area contributed by atoms with Gasteiger partial charge < -0.3 is 9.84 Å². The van der Waals surface area contributed by atoms with Gasteiger partial charge in [0, 0.05) is 18.6 Å². The number of aliphatic carboxylic acids is 1. The van der Waals surface area contributed by atoms with Crippen LogP contribution in [0.25, 0.3) is 21.3 Å². The fourth-order valence-electron chi connectivity index (χ4n) is 2.11. The van der Waals surface area contributed by atoms with Crippen molar-refractivity contribution in [2.75, 3.05) is 7.11 Å². The van der Waals surface area contributed by atoms with Gasteiger partial charge in [-0.25, -0.2) is 9.37 Å². The lowest BCUT2D eigenvalue weighted by Gasteiger charge is -2.08. The van der Waals surface area contributed by atoms with E-state index in [-0.39, 0.29) is 5.82 Å². The van der Waals surface area contributed by atoms with Crippen molar-refractivity contribution in [3.05, 3.63) is 47.2 Å². The molecule has 4 nitrogen and oxygen atoms in total. The van der Waals surface area contributed by atoms with Gasteiger partial charge in [0.2, 0.25) is 0 Å². The Labute approximate surface area is 137 Å². The summed E-state index contributed by atoms with van der Waals surface area (Å²) in [6.45, 7) is 3.07. The van der Waals surface area contributed by atoms with Crippen molar-refractivity contribution < 1.29 is 19.0 Å². The number of fused-ring (bicyclic) bond motifs is 1. The van der Waals surface area contributed by atoms with E-state index in [9.17, 15) is 4.39 Å². The van der Waals surface area contributed by atoms with E-state index in [0.717, 1.165) is 33.3 Å². The molecule has 0 radical (unpaired) electrons. The van der Waals surface area contributed by atoms with E-state index in [4.69, 9.17) is 14.6 Å². The average Bonchev–Trinajstić information content (AvgIpc) is 2.85. The molecule has 3 rings (SSSR count). The van der Waals surface area contributed by atoms with Gasteiger partial charge >= 0.3 is 0 Å². The van der Waals surface area contributed by atoms with Crippen LogP contribution >= 0.6 is 11.3 Å². The van der Waals surface area contributed by atoms with E-state index in [1.54, 1.807) is 24.5 Å². The molecule has 0 aliphatic rings. The fraction of sp³-hybridized carbons (Fsp3) is 0.176. The van der Waals surface area contributed by atoms with Gasteiger partial charge in [0.05, 0.1) is 22.3 Å². The minimum Gasteiger partial charge on any atom is -0.496 e. The first-order valence-corrected chi connectivity index (χ1v) is 7.63. The molecule has 0 saturated heterocycles. The van der Waals surface area contributed by atoms with Crippen LogP contribution in [0.3, 0.4) is 0 Å². The van der Waals surface area contributed by atoms with Crippen molar-refractivity contribution in [2.45, 2.75) is 13.8 Å². The Morgan fingerprint density at radius 2 is 1.96 bits per heavy atom. The van der Waals surface area contributed by atoms with Crippen molar-refractivity contribution in [2.24, 2.45) is 0 Å². The van der Waals surface area contributed by atoms with E-state index in [0.29, 0.717) is 5.75 Å². The van der Waals surface area contributed by atoms with Crippen LogP contribution in [0.1, 0.15) is 11.9 Å². The molecule has 0 aliphatic heterocycles. The molecular formula is C17H16FNO3S. The number of hydrogen-bond acceptors (Lipinski definition) is 4. The second kappa shape index (κ2) is 7.19. The van der Waals surface area contributed by atoms with Gasteiger partial charge in [0.15, 0.2) is 0 Å². The molecular weight excluding hydrogens is 317 g/mol. The maximum atomic E-state index is 13.2. The summed E-state index contributed by atoms with van der Waals surface area (Å²) in [7, 11) is 1.55. The maximum absolute atomic E-state index is 13.2. The number of methoxy groups -OCH3 is 1. The maximum Gasteiger partial charge on any atom is 0.300 e. The van der Waals surface area contributed by atoms with Gasteiger partial charge in [-0.15, -0.1) is 11.3 Å². The predicted molar refractivity (Wildman–Crippen MR) is 89.6 cm³/mol. The molecule has 0 amide bonds. The third kappa shape index (κ3) is 4.26. The van der Waals surface area contributed by atoms with Crippen molar-refractivity contribution in [1.82, 2.24) is 4.98 Å². The molecule has 1 N–H and O–H groups in total. The van der Waals surface area contributed by atoms with Crippen LogP contribution < -0.4 is 4.74 Å². The van der Waals surface area contributed by atoms with E-state index < -0.39 is 5.97 Å². The number of carboxylic acid groups (broad SMARTS) is 1. The number of rotatable bonds is 2. The molecule has 6 heteroatoms. The highest BCUT2D eigenvalue weighted by Crippen LogP contribution is 2.33. The Morgan fingerprint density at radius 3 is 2.61 bits per heavy atom. The Kier molecular flexibility index (Phi) is 5.28. The summed E-state index contributed by atoms with van der Waals surface area (Å²) in [6, 6.07) is 10.6. The lowest BCUT2D eigenvalue weighted by atomic mass is 10.0. The van der Waals surface area contributed by atoms with Crippen LogP contribution in [-0.2, 0) is 4.79 Å². The van der Waals surface area contributed by atoms with Crippen molar-refractivity contribution in [3.63, 3.8) is 0 Å². The number of nitrogens with zero attached hydrogens (tertiary/aromatic N) is 1. The minimum absolute atomic E-state index is 0.300. The first-order valence-electron chi connectivity index (χ1n) is 6.81. The second-order valence-corrected chi connectivity index (χ2v) is 6.01. The molecule has 0 bridgehead atoms. The van der Waals surface area contributed by atoms with Gasteiger partial charge in [-0.1, -0.05) is 6.07 Å². The van der Waals surface area contributed by atoms with Crippen LogP contribution in [0.2, 0.25) is 0 Å². The van der Waals surface area contributed by atoms with Crippen molar-refractivity contribution in [1.29, 1.82) is 0 Å². The van der Waals surface area contributed by atoms with Gasteiger partial charge in [-0.2, -0.15) is 0 Å². The molecule has 0 fully saturated rings. The Hall–Kier alpha value is -2.47. The van der Waals surface area contributed by atoms with Crippen LogP contribution in [0.5, 0.6) is 5.75 Å². The Bertz CT molecular complexity index is 841. The molecule has 1 heterocycles. The number of ether oxygens (including phenoxy) is 1. The minimum atomic E-state index is -0.833. The number of carbonyl (C=O) groups is 1. The number of thiazole rings is 1. The first kappa shape index (κ1) is 16.9. The molecule has 3 aromatic rings. The first-order chi connectivity index (χ1) is 10.9. The lowest BCUT2D eigenvalue weighted by molar-refractivity contribution is -0.134. The van der Waals surface area contributed by atoms with Crippen LogP contribution in [-0.4, -0.2) is 23.2 Å². The highest BCUT2D eigenvalue weighted by molar-refractivity contribution is 7.18. The van der Waals surface area contributed by atoms with Gasteiger partial charge in [0.1, 0.15) is 11.6 Å². The molecule has 1 aromatic heterocycles. The van der Waals surface area contributed by atoms with Gasteiger partial charge in [-0.3, -0.25) is 4.79 Å². The number of aromatic nitrogens is 1. The topological polar surface area (TPSA) is 59.4 Å². The average molecular weight is 333 g/mol. The number of aryl methyl sites for hydroxylation is 1. The zero-order valence-electron chi connectivity index (χ0n) is 13.0. The zero-order valence-corrected chi connectivity index (χ0v) is 13.8. The largest absolute Gasteiger partial charge is 0.496 e. The fourth-order valence-corrected chi connectivity index (χ4v) is 2.92. The molecule has 0 saturated carbocycles. The molecule has 0 unspecified atom stereocenters. The smallest absolute Gasteiger partial charge is 0.300 e. The predicted octanol–water partition coefficient (Wildman–Crippen LogP) is 4.51. The van der Waals surface area contributed by atoms with Crippen molar-refractivity contribution >= 4 is 27.5 Å². The summed E-state index contributed by atoms with van der Waals surface area (Å²) >= 11 is 1.67. The normalized spacial score (nSPS) is 10.1. The number of halogens is 1. The summed E-state index contributed by atoms with van der Waals surface area (Å²) < 4.78 is 19.6. The van der Waals surface area contributed by atoms with Crippen LogP contribution in [0, 0.1) is 12.7 Å². The highest BCUT2D eigenvalue weighted by atomic mass is 32.1. The Morgan fingerprint density at radius 1 is 1.26 bits per heavy atom. The number of benzene rings is 2. The Balaban J connectivity index is 0.000000433. The summed E-state index contributed by atoms with van der Waals surface area (Å²) in [5, 5.41) is 8.46. The third-order valence-corrected chi connectivity index (χ3v) is 3.92. The quantitative estimate of drug-likeness (QED) is 0.749. The van der Waals surface area contributed by atoms with E-state index in [1.807, 2.05) is 25.1 Å². The number of carboxylic acids is 1. The summed E-state index contributed by atoms with van der Waals surface area (Å²) in [6.07, 6.45) is 0. The summed E-state index contributed by atoms with van der Waals surface area (Å²) in [4.78, 5) is 13.5. The molecule has 0 atom stereocenters. The standard InChI is InChI=1S/C15H12FNOS.C2H4O2/c1-9-17-13-7-10(3-6-15(13)19-9)12-5-4-11(16)8-14(12)18-2;1-2(3)4/h3-8H,1-2H3;1H3,(H,3,4). The second-order valence-electron chi connectivity index (χ2n) is 4.78. The molecule has 2 aromatic carbocycles. The van der Waals surface area contributed by atoms with E-state index in [1.165, 1.54) is 12.1 Å². The van der Waals surface area contributed by atoms with E-state index >= 15 is 0 Å². The summed E-state index contributed by atoms with van der Waals surface area (Å²) in [5.41, 5.74) is 2.82. The van der Waals surface area contributed by atoms with Crippen molar-refractivity contribution in [3.8, 4) is 16.9 Å². The number of hydrogen-bond donors (Lipinski definition) is 1. The monoisotopic (exact) mass is 333 g/mol. The molecule has 23 heavy (non-hydrogen) atoms. The highest BCUT2D eigenvalue weighted by Gasteiger charge is 2.09. The van der Waals surface area contributed by atoms with Crippen LogP contribution in [0.15, 0.2) is 36.4 Å². The third-order valence-electron chi connectivity index (χ3n) is 2.97. The van der Waals surface area contributed by atoms with Gasteiger partial charge in [-0.05, 0) is 36.8 Å². The van der Waals surface area contributed by atoms with Crippen LogP contribution in [0.4, 0.5) is 4.39 Å². The molecule has 120 valence electrons. The summed E-state index contributed by atoms with van der Waals surface area (Å²) in [5.74, 6) is -0.600. The SMILES string of the molecule is CC(=O)O.COc1cc(F)ccc1-c1ccc2sc(C)nc2c1. The molecule has 0 spiro atoms. The van der Waals surface area contributed by atoms with Gasteiger partial charge in [0.25, 0.3) is 5.97 Å². The lowest BCUT2D eigenvalue weighted by Crippen LogP contribution is -1.89. The molecule has 0 aliphatic carbocycles.